The summed E-state index contributed by atoms with van der Waals surface area (Å²) in [6.07, 6.45) is 7.84. The highest BCUT2D eigenvalue weighted by molar-refractivity contribution is 6.18. The van der Waals surface area contributed by atoms with E-state index in [9.17, 15) is 4.79 Å². The van der Waals surface area contributed by atoms with Crippen LogP contribution in [0.3, 0.4) is 0 Å². The third-order valence-electron chi connectivity index (χ3n) is 3.69. The summed E-state index contributed by atoms with van der Waals surface area (Å²) in [6, 6.07) is 0. The molecule has 1 unspecified atom stereocenters. The summed E-state index contributed by atoms with van der Waals surface area (Å²) in [5.74, 6) is 0.424. The van der Waals surface area contributed by atoms with Crippen LogP contribution in [0.15, 0.2) is 0 Å². The quantitative estimate of drug-likeness (QED) is 0.772. The summed E-state index contributed by atoms with van der Waals surface area (Å²) in [5, 5.41) is 2.89. The Morgan fingerprint density at radius 3 is 2.75 bits per heavy atom. The Morgan fingerprint density at radius 2 is 2.12 bits per heavy atom. The van der Waals surface area contributed by atoms with E-state index in [-0.39, 0.29) is 17.6 Å². The van der Waals surface area contributed by atoms with E-state index in [1.807, 2.05) is 0 Å². The Kier molecular flexibility index (Phi) is 4.09. The monoisotopic (exact) mass is 245 g/mol. The fourth-order valence-electron chi connectivity index (χ4n) is 2.61. The number of nitrogens with one attached hydrogen (secondary N) is 1. The lowest BCUT2D eigenvalue weighted by molar-refractivity contribution is -0.168. The molecule has 1 N–H and O–H groups in total. The highest BCUT2D eigenvalue weighted by Crippen LogP contribution is 2.43. The molecule has 1 atom stereocenters. The molecular formula is C12H20ClNO2. The van der Waals surface area contributed by atoms with Crippen molar-refractivity contribution in [1.82, 2.24) is 5.32 Å². The van der Waals surface area contributed by atoms with E-state index in [1.54, 1.807) is 0 Å². The number of hydrogen-bond donors (Lipinski definition) is 1. The van der Waals surface area contributed by atoms with Gasteiger partial charge < -0.3 is 10.1 Å². The molecule has 0 aromatic rings. The van der Waals surface area contributed by atoms with Gasteiger partial charge in [0.15, 0.2) is 0 Å². The molecular weight excluding hydrogens is 226 g/mol. The van der Waals surface area contributed by atoms with Gasteiger partial charge in [0.2, 0.25) is 5.91 Å². The number of hydrogen-bond acceptors (Lipinski definition) is 2. The van der Waals surface area contributed by atoms with Gasteiger partial charge in [-0.2, -0.15) is 0 Å². The summed E-state index contributed by atoms with van der Waals surface area (Å²) in [7, 11) is 0. The highest BCUT2D eigenvalue weighted by Gasteiger charge is 2.42. The van der Waals surface area contributed by atoms with Crippen molar-refractivity contribution in [2.24, 2.45) is 0 Å². The Hall–Kier alpha value is -0.280. The van der Waals surface area contributed by atoms with Crippen LogP contribution < -0.4 is 5.32 Å². The number of amides is 1. The first kappa shape index (κ1) is 12.2. The topological polar surface area (TPSA) is 38.3 Å². The first-order chi connectivity index (χ1) is 7.74. The smallest absolute Gasteiger partial charge is 0.221 e. The molecule has 2 fully saturated rings. The molecule has 3 nitrogen and oxygen atoms in total. The summed E-state index contributed by atoms with van der Waals surface area (Å²) < 4.78 is 6.09. The third-order valence-corrected chi connectivity index (χ3v) is 3.88. The number of rotatable bonds is 4. The molecule has 1 amide bonds. The average molecular weight is 246 g/mol. The SMILES string of the molecule is O=C(CCCl)NCC1CCCC2(CCC2)O1. The van der Waals surface area contributed by atoms with Gasteiger partial charge in [0.25, 0.3) is 0 Å². The van der Waals surface area contributed by atoms with Crippen LogP contribution in [-0.2, 0) is 9.53 Å². The standard InChI is InChI=1S/C12H20ClNO2/c13-8-4-11(15)14-9-10-3-1-5-12(16-10)6-2-7-12/h10H,1-9H2,(H,14,15). The lowest BCUT2D eigenvalue weighted by atomic mass is 9.74. The largest absolute Gasteiger partial charge is 0.370 e. The Balaban J connectivity index is 1.71. The zero-order chi connectivity index (χ0) is 11.4. The normalized spacial score (nSPS) is 27.4. The van der Waals surface area contributed by atoms with Gasteiger partial charge in [0.05, 0.1) is 11.7 Å². The Morgan fingerprint density at radius 1 is 1.38 bits per heavy atom. The summed E-state index contributed by atoms with van der Waals surface area (Å²) >= 11 is 5.50. The van der Waals surface area contributed by atoms with Crippen LogP contribution in [0.1, 0.15) is 44.9 Å². The fraction of sp³-hybridized carbons (Fsp3) is 0.917. The fourth-order valence-corrected chi connectivity index (χ4v) is 2.78. The van der Waals surface area contributed by atoms with Crippen molar-refractivity contribution in [3.63, 3.8) is 0 Å². The zero-order valence-electron chi connectivity index (χ0n) is 9.64. The molecule has 4 heteroatoms. The van der Waals surface area contributed by atoms with E-state index >= 15 is 0 Å². The molecule has 0 aromatic heterocycles. The maximum atomic E-state index is 11.3. The molecule has 1 saturated carbocycles. The van der Waals surface area contributed by atoms with Crippen molar-refractivity contribution in [2.75, 3.05) is 12.4 Å². The number of halogens is 1. The number of ether oxygens (including phenoxy) is 1. The molecule has 2 rings (SSSR count). The molecule has 1 saturated heterocycles. The van der Waals surface area contributed by atoms with Crippen LogP contribution in [0.4, 0.5) is 0 Å². The van der Waals surface area contributed by atoms with E-state index in [1.165, 1.54) is 32.1 Å². The molecule has 16 heavy (non-hydrogen) atoms. The number of carbonyl (C=O) groups is 1. The lowest BCUT2D eigenvalue weighted by Crippen LogP contribution is -2.49. The molecule has 0 aromatic carbocycles. The first-order valence-corrected chi connectivity index (χ1v) is 6.78. The van der Waals surface area contributed by atoms with Crippen LogP contribution in [0.25, 0.3) is 0 Å². The molecule has 1 aliphatic carbocycles. The second kappa shape index (κ2) is 5.37. The van der Waals surface area contributed by atoms with Gasteiger partial charge in [-0.1, -0.05) is 0 Å². The lowest BCUT2D eigenvalue weighted by Gasteiger charge is -2.47. The van der Waals surface area contributed by atoms with Crippen LogP contribution in [-0.4, -0.2) is 30.0 Å². The van der Waals surface area contributed by atoms with Gasteiger partial charge in [-0.3, -0.25) is 4.79 Å². The highest BCUT2D eigenvalue weighted by atomic mass is 35.5. The van der Waals surface area contributed by atoms with Crippen molar-refractivity contribution >= 4 is 17.5 Å². The molecule has 1 spiro atoms. The van der Waals surface area contributed by atoms with E-state index in [0.717, 1.165) is 6.42 Å². The maximum Gasteiger partial charge on any atom is 0.221 e. The van der Waals surface area contributed by atoms with E-state index < -0.39 is 0 Å². The molecule has 92 valence electrons. The summed E-state index contributed by atoms with van der Waals surface area (Å²) in [4.78, 5) is 11.3. The average Bonchev–Trinajstić information content (AvgIpc) is 2.25. The molecule has 1 heterocycles. The second-order valence-corrected chi connectivity index (χ2v) is 5.29. The van der Waals surface area contributed by atoms with Crippen molar-refractivity contribution in [2.45, 2.75) is 56.7 Å². The predicted molar refractivity (Wildman–Crippen MR) is 63.7 cm³/mol. The molecule has 2 aliphatic rings. The van der Waals surface area contributed by atoms with Crippen LogP contribution in [0.2, 0.25) is 0 Å². The summed E-state index contributed by atoms with van der Waals surface area (Å²) in [6.45, 7) is 0.650. The maximum absolute atomic E-state index is 11.3. The van der Waals surface area contributed by atoms with Crippen molar-refractivity contribution in [3.8, 4) is 0 Å². The van der Waals surface area contributed by atoms with Crippen LogP contribution in [0, 0.1) is 0 Å². The third kappa shape index (κ3) is 2.89. The summed E-state index contributed by atoms with van der Waals surface area (Å²) in [5.41, 5.74) is 0.181. The number of carbonyl (C=O) groups excluding carboxylic acids is 1. The second-order valence-electron chi connectivity index (χ2n) is 4.91. The van der Waals surface area contributed by atoms with Gasteiger partial charge in [0, 0.05) is 18.8 Å². The minimum absolute atomic E-state index is 0.0341. The minimum atomic E-state index is 0.0341. The van der Waals surface area contributed by atoms with Gasteiger partial charge in [-0.15, -0.1) is 11.6 Å². The van der Waals surface area contributed by atoms with E-state index in [2.05, 4.69) is 5.32 Å². The van der Waals surface area contributed by atoms with Crippen molar-refractivity contribution in [3.05, 3.63) is 0 Å². The van der Waals surface area contributed by atoms with Gasteiger partial charge in [0.1, 0.15) is 0 Å². The zero-order valence-corrected chi connectivity index (χ0v) is 10.4. The molecule has 1 aliphatic heterocycles. The molecule has 0 radical (unpaired) electrons. The van der Waals surface area contributed by atoms with Gasteiger partial charge in [-0.25, -0.2) is 0 Å². The van der Waals surface area contributed by atoms with E-state index in [0.29, 0.717) is 18.8 Å². The van der Waals surface area contributed by atoms with Crippen molar-refractivity contribution in [1.29, 1.82) is 0 Å². The van der Waals surface area contributed by atoms with E-state index in [4.69, 9.17) is 16.3 Å². The first-order valence-electron chi connectivity index (χ1n) is 6.25. The minimum Gasteiger partial charge on any atom is -0.370 e. The number of alkyl halides is 1. The van der Waals surface area contributed by atoms with Gasteiger partial charge in [-0.05, 0) is 38.5 Å². The van der Waals surface area contributed by atoms with Crippen molar-refractivity contribution < 1.29 is 9.53 Å². The van der Waals surface area contributed by atoms with Crippen LogP contribution >= 0.6 is 11.6 Å². The molecule has 0 bridgehead atoms. The predicted octanol–water partition coefficient (Wildman–Crippen LogP) is 2.22. The Bertz CT molecular complexity index is 253. The van der Waals surface area contributed by atoms with Gasteiger partial charge >= 0.3 is 0 Å². The Labute approximate surface area is 102 Å². The van der Waals surface area contributed by atoms with Crippen LogP contribution in [0.5, 0.6) is 0 Å².